The van der Waals surface area contributed by atoms with E-state index in [2.05, 4.69) is 18.4 Å². The van der Waals surface area contributed by atoms with Gasteiger partial charge in [-0.2, -0.15) is 0 Å². The van der Waals surface area contributed by atoms with Gasteiger partial charge in [0.15, 0.2) is 0 Å². The first-order chi connectivity index (χ1) is 8.58. The van der Waals surface area contributed by atoms with E-state index in [1.54, 1.807) is 11.3 Å². The maximum absolute atomic E-state index is 12.4. The largest absolute Gasteiger partial charge is 0.340 e. The van der Waals surface area contributed by atoms with Crippen molar-refractivity contribution >= 4 is 29.7 Å². The molecule has 3 nitrogen and oxygen atoms in total. The quantitative estimate of drug-likeness (QED) is 0.933. The van der Waals surface area contributed by atoms with Gasteiger partial charge in [0.05, 0.1) is 6.54 Å². The van der Waals surface area contributed by atoms with Crippen molar-refractivity contribution in [3.8, 4) is 0 Å². The topological polar surface area (TPSA) is 46.3 Å². The standard InChI is InChI=1S/C14H22N2OS.ClH/c1-10-6-7-18-13(10)9-16(2)14(17)11-4-3-5-12(15)8-11;/h6-7,11-12H,3-5,8-9,15H2,1-2H3;1H. The van der Waals surface area contributed by atoms with Gasteiger partial charge < -0.3 is 10.6 Å². The highest BCUT2D eigenvalue weighted by atomic mass is 35.5. The van der Waals surface area contributed by atoms with Crippen molar-refractivity contribution in [1.29, 1.82) is 0 Å². The molecule has 2 atom stereocenters. The summed E-state index contributed by atoms with van der Waals surface area (Å²) in [5.74, 6) is 0.400. The smallest absolute Gasteiger partial charge is 0.225 e. The lowest BCUT2D eigenvalue weighted by molar-refractivity contribution is -0.135. The molecule has 0 radical (unpaired) electrons. The van der Waals surface area contributed by atoms with E-state index in [0.717, 1.165) is 32.2 Å². The first-order valence-electron chi connectivity index (χ1n) is 6.61. The van der Waals surface area contributed by atoms with Gasteiger partial charge in [-0.15, -0.1) is 23.7 Å². The first kappa shape index (κ1) is 16.5. The Labute approximate surface area is 125 Å². The number of rotatable bonds is 3. The maximum atomic E-state index is 12.4. The number of carbonyl (C=O) groups excluding carboxylic acids is 1. The van der Waals surface area contributed by atoms with Gasteiger partial charge in [0.1, 0.15) is 0 Å². The van der Waals surface area contributed by atoms with E-state index in [0.29, 0.717) is 0 Å². The Morgan fingerprint density at radius 3 is 2.84 bits per heavy atom. The SMILES string of the molecule is Cc1ccsc1CN(C)C(=O)C1CCCC(N)C1.Cl. The zero-order chi connectivity index (χ0) is 13.1. The van der Waals surface area contributed by atoms with Crippen LogP contribution < -0.4 is 5.73 Å². The van der Waals surface area contributed by atoms with Crippen LogP contribution in [0.5, 0.6) is 0 Å². The summed E-state index contributed by atoms with van der Waals surface area (Å²) in [4.78, 5) is 15.5. The fourth-order valence-corrected chi connectivity index (χ4v) is 3.58. The van der Waals surface area contributed by atoms with Crippen molar-refractivity contribution in [2.45, 2.75) is 45.2 Å². The highest BCUT2D eigenvalue weighted by Gasteiger charge is 2.27. The lowest BCUT2D eigenvalue weighted by Gasteiger charge is -2.29. The number of hydrogen-bond acceptors (Lipinski definition) is 3. The van der Waals surface area contributed by atoms with E-state index in [1.807, 2.05) is 11.9 Å². The van der Waals surface area contributed by atoms with Crippen molar-refractivity contribution < 1.29 is 4.79 Å². The van der Waals surface area contributed by atoms with Crippen molar-refractivity contribution in [1.82, 2.24) is 4.90 Å². The first-order valence-corrected chi connectivity index (χ1v) is 7.49. The highest BCUT2D eigenvalue weighted by molar-refractivity contribution is 7.10. The molecule has 0 bridgehead atoms. The molecule has 0 saturated heterocycles. The molecule has 2 unspecified atom stereocenters. The van der Waals surface area contributed by atoms with Gasteiger partial charge in [-0.3, -0.25) is 4.79 Å². The van der Waals surface area contributed by atoms with Crippen LogP contribution in [0.3, 0.4) is 0 Å². The second kappa shape index (κ2) is 7.27. The van der Waals surface area contributed by atoms with Crippen molar-refractivity contribution in [3.63, 3.8) is 0 Å². The molecule has 1 heterocycles. The molecule has 1 aromatic heterocycles. The summed E-state index contributed by atoms with van der Waals surface area (Å²) >= 11 is 1.72. The molecular weight excluding hydrogens is 280 g/mol. The average Bonchev–Trinajstić information content (AvgIpc) is 2.74. The van der Waals surface area contributed by atoms with Crippen LogP contribution in [0.25, 0.3) is 0 Å². The minimum absolute atomic E-state index is 0. The Hall–Kier alpha value is -0.580. The Morgan fingerprint density at radius 1 is 1.53 bits per heavy atom. The molecule has 1 fully saturated rings. The lowest BCUT2D eigenvalue weighted by Crippen LogP contribution is -2.38. The minimum atomic E-state index is 0. The third-order valence-corrected chi connectivity index (χ3v) is 4.80. The summed E-state index contributed by atoms with van der Waals surface area (Å²) in [7, 11) is 1.90. The number of aryl methyl sites for hydroxylation is 1. The number of amides is 1. The van der Waals surface area contributed by atoms with E-state index < -0.39 is 0 Å². The van der Waals surface area contributed by atoms with Crippen LogP contribution in [0.1, 0.15) is 36.1 Å². The summed E-state index contributed by atoms with van der Waals surface area (Å²) in [6.07, 6.45) is 4.01. The van der Waals surface area contributed by atoms with E-state index in [-0.39, 0.29) is 30.3 Å². The molecule has 2 N–H and O–H groups in total. The molecule has 0 spiro atoms. The summed E-state index contributed by atoms with van der Waals surface area (Å²) in [6, 6.07) is 2.32. The minimum Gasteiger partial charge on any atom is -0.340 e. The summed E-state index contributed by atoms with van der Waals surface area (Å²) in [6.45, 7) is 2.83. The molecule has 1 aliphatic rings. The molecule has 108 valence electrons. The molecule has 5 heteroatoms. The summed E-state index contributed by atoms with van der Waals surface area (Å²) in [5.41, 5.74) is 7.23. The molecule has 1 amide bonds. The number of nitrogens with zero attached hydrogens (tertiary/aromatic N) is 1. The molecule has 1 aromatic rings. The van der Waals surface area contributed by atoms with Gasteiger partial charge in [-0.1, -0.05) is 6.42 Å². The zero-order valence-electron chi connectivity index (χ0n) is 11.6. The zero-order valence-corrected chi connectivity index (χ0v) is 13.2. The summed E-state index contributed by atoms with van der Waals surface area (Å²) in [5, 5.41) is 2.08. The van der Waals surface area contributed by atoms with Gasteiger partial charge in [0.25, 0.3) is 0 Å². The van der Waals surface area contributed by atoms with Gasteiger partial charge in [0.2, 0.25) is 5.91 Å². The van der Waals surface area contributed by atoms with E-state index in [4.69, 9.17) is 5.73 Å². The third-order valence-electron chi connectivity index (χ3n) is 3.79. The van der Waals surface area contributed by atoms with Gasteiger partial charge in [-0.25, -0.2) is 0 Å². The molecule has 19 heavy (non-hydrogen) atoms. The monoisotopic (exact) mass is 302 g/mol. The second-order valence-corrected chi connectivity index (χ2v) is 6.35. The fourth-order valence-electron chi connectivity index (χ4n) is 2.62. The number of thiophene rings is 1. The normalized spacial score (nSPS) is 22.7. The molecule has 2 rings (SSSR count). The summed E-state index contributed by atoms with van der Waals surface area (Å²) < 4.78 is 0. The van der Waals surface area contributed by atoms with Gasteiger partial charge >= 0.3 is 0 Å². The van der Waals surface area contributed by atoms with Crippen LogP contribution >= 0.6 is 23.7 Å². The fraction of sp³-hybridized carbons (Fsp3) is 0.643. The lowest BCUT2D eigenvalue weighted by atomic mass is 9.85. The Balaban J connectivity index is 0.00000180. The van der Waals surface area contributed by atoms with Crippen LogP contribution in [0.2, 0.25) is 0 Å². The third kappa shape index (κ3) is 4.20. The molecule has 1 aliphatic carbocycles. The van der Waals surface area contributed by atoms with Crippen LogP contribution in [0.4, 0.5) is 0 Å². The van der Waals surface area contributed by atoms with Crippen molar-refractivity contribution in [2.24, 2.45) is 11.7 Å². The van der Waals surface area contributed by atoms with Gasteiger partial charge in [-0.05, 0) is 43.2 Å². The number of carbonyl (C=O) groups is 1. The molecule has 1 saturated carbocycles. The molecule has 0 aliphatic heterocycles. The Morgan fingerprint density at radius 2 is 2.26 bits per heavy atom. The van der Waals surface area contributed by atoms with E-state index >= 15 is 0 Å². The van der Waals surface area contributed by atoms with Crippen molar-refractivity contribution in [2.75, 3.05) is 7.05 Å². The number of nitrogens with two attached hydrogens (primary N) is 1. The second-order valence-electron chi connectivity index (χ2n) is 5.34. The van der Waals surface area contributed by atoms with E-state index in [9.17, 15) is 4.79 Å². The number of halogens is 1. The number of hydrogen-bond donors (Lipinski definition) is 1. The predicted octanol–water partition coefficient (Wildman–Crippen LogP) is 2.95. The maximum Gasteiger partial charge on any atom is 0.225 e. The van der Waals surface area contributed by atoms with Crippen LogP contribution in [0.15, 0.2) is 11.4 Å². The Bertz CT molecular complexity index is 421. The van der Waals surface area contributed by atoms with Gasteiger partial charge in [0, 0.05) is 23.9 Å². The molecular formula is C14H23ClN2OS. The average molecular weight is 303 g/mol. The van der Waals surface area contributed by atoms with Crippen molar-refractivity contribution in [3.05, 3.63) is 21.9 Å². The highest BCUT2D eigenvalue weighted by Crippen LogP contribution is 2.26. The van der Waals surface area contributed by atoms with Crippen LogP contribution in [0, 0.1) is 12.8 Å². The van der Waals surface area contributed by atoms with Crippen LogP contribution in [-0.4, -0.2) is 23.9 Å². The van der Waals surface area contributed by atoms with E-state index in [1.165, 1.54) is 10.4 Å². The van der Waals surface area contributed by atoms with Crippen LogP contribution in [-0.2, 0) is 11.3 Å². The molecule has 0 aromatic carbocycles. The Kier molecular flexibility index (Phi) is 6.30. The predicted molar refractivity (Wildman–Crippen MR) is 82.7 cm³/mol.